The molecule has 1 N–H and O–H groups in total. The molecule has 5 rings (SSSR count). The maximum absolute atomic E-state index is 14.0. The van der Waals surface area contributed by atoms with Gasteiger partial charge in [0.05, 0.1) is 19.1 Å². The van der Waals surface area contributed by atoms with Crippen molar-refractivity contribution in [1.82, 2.24) is 4.90 Å². The quantitative estimate of drug-likeness (QED) is 0.339. The van der Waals surface area contributed by atoms with E-state index in [9.17, 15) is 9.90 Å². The molecule has 0 radical (unpaired) electrons. The van der Waals surface area contributed by atoms with Crippen LogP contribution in [0.2, 0.25) is 0 Å². The predicted octanol–water partition coefficient (Wildman–Crippen LogP) is 5.45. The Morgan fingerprint density at radius 1 is 0.703 bits per heavy atom. The number of likely N-dealkylation sites (tertiary alicyclic amines) is 1. The third-order valence-electron chi connectivity index (χ3n) is 7.13. The van der Waals surface area contributed by atoms with Crippen LogP contribution in [0.3, 0.4) is 0 Å². The van der Waals surface area contributed by atoms with Crippen molar-refractivity contribution in [3.05, 3.63) is 144 Å². The molecule has 4 heteroatoms. The van der Waals surface area contributed by atoms with E-state index < -0.39 is 17.6 Å². The van der Waals surface area contributed by atoms with Crippen LogP contribution in [-0.4, -0.2) is 34.2 Å². The molecule has 1 fully saturated rings. The zero-order valence-corrected chi connectivity index (χ0v) is 20.9. The van der Waals surface area contributed by atoms with Crippen molar-refractivity contribution in [2.75, 3.05) is 6.54 Å². The van der Waals surface area contributed by atoms with Crippen LogP contribution in [0.4, 0.5) is 0 Å². The topological polar surface area (TPSA) is 49.8 Å². The lowest BCUT2D eigenvalue weighted by atomic mass is 9.75. The van der Waals surface area contributed by atoms with Gasteiger partial charge in [0.25, 0.3) is 0 Å². The van der Waals surface area contributed by atoms with E-state index >= 15 is 0 Å². The van der Waals surface area contributed by atoms with E-state index in [0.29, 0.717) is 26.0 Å². The lowest BCUT2D eigenvalue weighted by molar-refractivity contribution is -0.191. The molecule has 37 heavy (non-hydrogen) atoms. The van der Waals surface area contributed by atoms with Crippen LogP contribution in [0.5, 0.6) is 0 Å². The second-order valence-electron chi connectivity index (χ2n) is 9.96. The van der Waals surface area contributed by atoms with Gasteiger partial charge in [0.2, 0.25) is 5.91 Å². The van der Waals surface area contributed by atoms with Crippen LogP contribution >= 0.6 is 0 Å². The van der Waals surface area contributed by atoms with Crippen LogP contribution in [-0.2, 0) is 35.5 Å². The van der Waals surface area contributed by atoms with E-state index in [2.05, 4.69) is 0 Å². The highest BCUT2D eigenvalue weighted by Crippen LogP contribution is 2.36. The SMILES string of the molecule is O=C1[C@@H](Cc2ccccc2)[C@H](OCc2ccccc2)[C@](O)(Cc2ccccc2)CN1Cc1ccccc1. The Morgan fingerprint density at radius 2 is 1.19 bits per heavy atom. The zero-order chi connectivity index (χ0) is 25.5. The van der Waals surface area contributed by atoms with Crippen LogP contribution in [0, 0.1) is 5.92 Å². The molecule has 1 saturated heterocycles. The van der Waals surface area contributed by atoms with Gasteiger partial charge in [0, 0.05) is 13.0 Å². The fourth-order valence-electron chi connectivity index (χ4n) is 5.37. The predicted molar refractivity (Wildman–Crippen MR) is 146 cm³/mol. The van der Waals surface area contributed by atoms with Crippen LogP contribution in [0.25, 0.3) is 0 Å². The van der Waals surface area contributed by atoms with Gasteiger partial charge in [-0.3, -0.25) is 4.79 Å². The Hall–Kier alpha value is -3.73. The Morgan fingerprint density at radius 3 is 1.76 bits per heavy atom. The minimum absolute atomic E-state index is 0.0171. The van der Waals surface area contributed by atoms with Gasteiger partial charge in [0.15, 0.2) is 0 Å². The molecule has 0 bridgehead atoms. The van der Waals surface area contributed by atoms with Gasteiger partial charge in [-0.2, -0.15) is 0 Å². The molecule has 4 aromatic carbocycles. The molecular formula is C33H33NO3. The third kappa shape index (κ3) is 6.16. The molecule has 1 aliphatic heterocycles. The van der Waals surface area contributed by atoms with Crippen LogP contribution < -0.4 is 0 Å². The molecule has 1 amide bonds. The van der Waals surface area contributed by atoms with E-state index in [-0.39, 0.29) is 12.5 Å². The highest BCUT2D eigenvalue weighted by molar-refractivity contribution is 5.81. The van der Waals surface area contributed by atoms with Gasteiger partial charge in [-0.1, -0.05) is 121 Å². The summed E-state index contributed by atoms with van der Waals surface area (Å²) in [7, 11) is 0. The Balaban J connectivity index is 1.51. The summed E-state index contributed by atoms with van der Waals surface area (Å²) in [5, 5.41) is 12.4. The number of ether oxygens (including phenoxy) is 1. The lowest BCUT2D eigenvalue weighted by Crippen LogP contribution is -2.65. The molecule has 0 saturated carbocycles. The summed E-state index contributed by atoms with van der Waals surface area (Å²) in [6, 6.07) is 39.9. The van der Waals surface area contributed by atoms with E-state index in [1.54, 1.807) is 0 Å². The second kappa shape index (κ2) is 11.5. The number of β-amino-alcohol motifs (C(OH)–C–C–N with tert-alkyl or cyclic N) is 1. The normalized spacial score (nSPS) is 21.6. The van der Waals surface area contributed by atoms with E-state index in [0.717, 1.165) is 22.3 Å². The van der Waals surface area contributed by atoms with Crippen molar-refractivity contribution >= 4 is 5.91 Å². The first-order valence-corrected chi connectivity index (χ1v) is 12.9. The third-order valence-corrected chi connectivity index (χ3v) is 7.13. The number of benzene rings is 4. The highest BCUT2D eigenvalue weighted by atomic mass is 16.5. The van der Waals surface area contributed by atoms with Crippen molar-refractivity contribution < 1.29 is 14.6 Å². The number of piperidine rings is 1. The fourth-order valence-corrected chi connectivity index (χ4v) is 5.37. The van der Waals surface area contributed by atoms with Gasteiger partial charge < -0.3 is 14.7 Å². The number of carbonyl (C=O) groups is 1. The van der Waals surface area contributed by atoms with Crippen LogP contribution in [0.15, 0.2) is 121 Å². The van der Waals surface area contributed by atoms with Crippen molar-refractivity contribution in [3.63, 3.8) is 0 Å². The fraction of sp³-hybridized carbons (Fsp3) is 0.242. The Labute approximate surface area is 219 Å². The number of aliphatic hydroxyl groups is 1. The highest BCUT2D eigenvalue weighted by Gasteiger charge is 2.52. The first-order chi connectivity index (χ1) is 18.1. The summed E-state index contributed by atoms with van der Waals surface area (Å²) >= 11 is 0. The molecule has 4 nitrogen and oxygen atoms in total. The van der Waals surface area contributed by atoms with Gasteiger partial charge in [-0.15, -0.1) is 0 Å². The Bertz CT molecular complexity index is 1260. The first-order valence-electron chi connectivity index (χ1n) is 12.9. The number of carbonyl (C=O) groups excluding carboxylic acids is 1. The van der Waals surface area contributed by atoms with Gasteiger partial charge in [0.1, 0.15) is 11.7 Å². The molecule has 0 unspecified atom stereocenters. The molecule has 0 aliphatic carbocycles. The monoisotopic (exact) mass is 491 g/mol. The summed E-state index contributed by atoms with van der Waals surface area (Å²) in [4.78, 5) is 15.8. The number of hydrogen-bond acceptors (Lipinski definition) is 3. The number of rotatable bonds is 9. The van der Waals surface area contributed by atoms with Crippen molar-refractivity contribution in [1.29, 1.82) is 0 Å². The smallest absolute Gasteiger partial charge is 0.229 e. The molecule has 0 spiro atoms. The standard InChI is InChI=1S/C33H33NO3/c35-32-30(21-26-13-5-1-6-14-26)31(37-24-29-19-11-4-12-20-29)33(36,22-27-15-7-2-8-16-27)25-34(32)23-28-17-9-3-10-18-28/h1-20,30-31,36H,21-25H2/t30-,31-,33-/m0/s1. The largest absolute Gasteiger partial charge is 0.385 e. The minimum atomic E-state index is -1.25. The van der Waals surface area contributed by atoms with Gasteiger partial charge in [-0.05, 0) is 28.7 Å². The minimum Gasteiger partial charge on any atom is -0.385 e. The first kappa shape index (κ1) is 24.9. The molecule has 188 valence electrons. The average Bonchev–Trinajstić information content (AvgIpc) is 2.93. The Kier molecular flexibility index (Phi) is 7.79. The summed E-state index contributed by atoms with van der Waals surface area (Å²) in [6.45, 7) is 0.994. The van der Waals surface area contributed by atoms with Gasteiger partial charge in [-0.25, -0.2) is 0 Å². The zero-order valence-electron chi connectivity index (χ0n) is 20.9. The summed E-state index contributed by atoms with van der Waals surface area (Å²) in [5.41, 5.74) is 2.88. The summed E-state index contributed by atoms with van der Waals surface area (Å²) < 4.78 is 6.51. The second-order valence-corrected chi connectivity index (χ2v) is 9.96. The van der Waals surface area contributed by atoms with Crippen LogP contribution in [0.1, 0.15) is 22.3 Å². The summed E-state index contributed by atoms with van der Waals surface area (Å²) in [6.07, 6.45) is 0.242. The lowest BCUT2D eigenvalue weighted by Gasteiger charge is -2.48. The molecule has 1 heterocycles. The number of amides is 1. The molecule has 3 atom stereocenters. The van der Waals surface area contributed by atoms with E-state index in [1.165, 1.54) is 0 Å². The average molecular weight is 492 g/mol. The van der Waals surface area contributed by atoms with Crippen molar-refractivity contribution in [3.8, 4) is 0 Å². The van der Waals surface area contributed by atoms with E-state index in [1.807, 2.05) is 126 Å². The number of nitrogens with zero attached hydrogens (tertiary/aromatic N) is 1. The summed E-state index contributed by atoms with van der Waals surface area (Å²) in [5.74, 6) is -0.499. The van der Waals surface area contributed by atoms with Gasteiger partial charge >= 0.3 is 0 Å². The molecule has 4 aromatic rings. The number of hydrogen-bond donors (Lipinski definition) is 1. The molecule has 1 aliphatic rings. The maximum Gasteiger partial charge on any atom is 0.229 e. The molecule has 0 aromatic heterocycles. The molecular weight excluding hydrogens is 458 g/mol. The van der Waals surface area contributed by atoms with E-state index in [4.69, 9.17) is 4.74 Å². The van der Waals surface area contributed by atoms with Crippen molar-refractivity contribution in [2.24, 2.45) is 5.92 Å². The maximum atomic E-state index is 14.0. The van der Waals surface area contributed by atoms with Crippen molar-refractivity contribution in [2.45, 2.75) is 37.7 Å².